The van der Waals surface area contributed by atoms with E-state index in [0.29, 0.717) is 18.1 Å². The molecule has 3 aromatic rings. The van der Waals surface area contributed by atoms with Crippen LogP contribution >= 0.6 is 22.9 Å². The molecule has 1 saturated heterocycles. The van der Waals surface area contributed by atoms with Crippen LogP contribution in [-0.4, -0.2) is 35.8 Å². The van der Waals surface area contributed by atoms with Crippen LogP contribution in [0.3, 0.4) is 0 Å². The van der Waals surface area contributed by atoms with Crippen molar-refractivity contribution in [1.29, 1.82) is 0 Å². The van der Waals surface area contributed by atoms with Crippen molar-refractivity contribution >= 4 is 44.3 Å². The Bertz CT molecular complexity index is 1050. The fraction of sp³-hybridized carbons (Fsp3) is 0.364. The summed E-state index contributed by atoms with van der Waals surface area (Å²) in [6.07, 6.45) is 2.75. The molecule has 8 heteroatoms. The number of fused-ring (bicyclic) bond motifs is 1. The number of carboxylic acid groups (broad SMARTS) is 1. The summed E-state index contributed by atoms with van der Waals surface area (Å²) in [6, 6.07) is 9.98. The van der Waals surface area contributed by atoms with Gasteiger partial charge in [0.2, 0.25) is 0 Å². The normalized spacial score (nSPS) is 14.9. The first kappa shape index (κ1) is 20.9. The van der Waals surface area contributed by atoms with Crippen LogP contribution in [0.2, 0.25) is 5.02 Å². The van der Waals surface area contributed by atoms with Crippen LogP contribution in [-0.2, 0) is 11.2 Å². The number of benzene rings is 2. The zero-order chi connectivity index (χ0) is 21.1. The standard InChI is InChI=1S/C22H22ClFN2O3S/c23-16-2-4-18-20(13-16)30-22(25-18)26-8-5-14(6-9-26)7-10-29-19-11-15(12-21(27)28)1-3-17(19)24/h1-4,11,13-14H,5-10,12H2,(H,27,28). The molecule has 0 unspecified atom stereocenters. The summed E-state index contributed by atoms with van der Waals surface area (Å²) in [6.45, 7) is 2.28. The molecule has 30 heavy (non-hydrogen) atoms. The number of carbonyl (C=O) groups is 1. The Morgan fingerprint density at radius 2 is 2.07 bits per heavy atom. The van der Waals surface area contributed by atoms with Crippen molar-refractivity contribution < 1.29 is 19.0 Å². The number of anilines is 1. The van der Waals surface area contributed by atoms with E-state index in [2.05, 4.69) is 4.90 Å². The minimum absolute atomic E-state index is 0.124. The second-order valence-corrected chi connectivity index (χ2v) is 8.96. The van der Waals surface area contributed by atoms with Gasteiger partial charge in [-0.3, -0.25) is 4.79 Å². The van der Waals surface area contributed by atoms with Gasteiger partial charge in [-0.15, -0.1) is 0 Å². The molecule has 158 valence electrons. The zero-order valence-corrected chi connectivity index (χ0v) is 17.9. The number of halogens is 2. The first-order chi connectivity index (χ1) is 14.5. The summed E-state index contributed by atoms with van der Waals surface area (Å²) in [4.78, 5) is 17.9. The highest BCUT2D eigenvalue weighted by atomic mass is 35.5. The van der Waals surface area contributed by atoms with Gasteiger partial charge in [-0.2, -0.15) is 0 Å². The predicted octanol–water partition coefficient (Wildman–Crippen LogP) is 5.40. The fourth-order valence-corrected chi connectivity index (χ4v) is 5.01. The van der Waals surface area contributed by atoms with E-state index in [1.807, 2.05) is 18.2 Å². The van der Waals surface area contributed by atoms with Gasteiger partial charge in [0.05, 0.1) is 23.2 Å². The van der Waals surface area contributed by atoms with Crippen molar-refractivity contribution in [2.45, 2.75) is 25.7 Å². The Morgan fingerprint density at radius 3 is 2.83 bits per heavy atom. The van der Waals surface area contributed by atoms with E-state index in [9.17, 15) is 9.18 Å². The molecule has 0 bridgehead atoms. The van der Waals surface area contributed by atoms with Gasteiger partial charge in [0.15, 0.2) is 16.7 Å². The quantitative estimate of drug-likeness (QED) is 0.524. The molecule has 2 heterocycles. The van der Waals surface area contributed by atoms with Gasteiger partial charge < -0.3 is 14.7 Å². The summed E-state index contributed by atoms with van der Waals surface area (Å²) in [5.41, 5.74) is 1.51. The van der Waals surface area contributed by atoms with E-state index in [4.69, 9.17) is 26.4 Å². The smallest absolute Gasteiger partial charge is 0.307 e. The SMILES string of the molecule is O=C(O)Cc1ccc(F)c(OCCC2CCN(c3nc4ccc(Cl)cc4s3)CC2)c1. The number of hydrogen-bond donors (Lipinski definition) is 1. The van der Waals surface area contributed by atoms with Gasteiger partial charge in [0, 0.05) is 18.1 Å². The monoisotopic (exact) mass is 448 g/mol. The number of ether oxygens (including phenoxy) is 1. The van der Waals surface area contributed by atoms with Crippen LogP contribution < -0.4 is 9.64 Å². The second-order valence-electron chi connectivity index (χ2n) is 7.51. The molecule has 5 nitrogen and oxygen atoms in total. The molecule has 1 aromatic heterocycles. The third-order valence-corrected chi connectivity index (χ3v) is 6.67. The lowest BCUT2D eigenvalue weighted by Gasteiger charge is -2.31. The second kappa shape index (κ2) is 9.18. The van der Waals surface area contributed by atoms with Crippen LogP contribution in [0, 0.1) is 11.7 Å². The highest BCUT2D eigenvalue weighted by molar-refractivity contribution is 7.22. The fourth-order valence-electron chi connectivity index (χ4n) is 3.71. The highest BCUT2D eigenvalue weighted by Crippen LogP contribution is 2.33. The number of thiazole rings is 1. The summed E-state index contributed by atoms with van der Waals surface area (Å²) in [5.74, 6) is -0.778. The lowest BCUT2D eigenvalue weighted by Crippen LogP contribution is -2.34. The molecule has 4 rings (SSSR count). The molecule has 0 spiro atoms. The van der Waals surface area contributed by atoms with E-state index in [-0.39, 0.29) is 12.2 Å². The van der Waals surface area contributed by atoms with Crippen molar-refractivity contribution in [2.24, 2.45) is 5.92 Å². The first-order valence-corrected chi connectivity index (χ1v) is 11.1. The summed E-state index contributed by atoms with van der Waals surface area (Å²) < 4.78 is 20.6. The molecule has 2 aromatic carbocycles. The Hall–Kier alpha value is -2.38. The van der Waals surface area contributed by atoms with Gasteiger partial charge in [-0.25, -0.2) is 9.37 Å². The molecular weight excluding hydrogens is 427 g/mol. The molecule has 0 aliphatic carbocycles. The number of piperidine rings is 1. The van der Waals surface area contributed by atoms with Gasteiger partial charge in [0.25, 0.3) is 0 Å². The van der Waals surface area contributed by atoms with Crippen molar-refractivity contribution in [2.75, 3.05) is 24.6 Å². The van der Waals surface area contributed by atoms with Gasteiger partial charge in [0.1, 0.15) is 0 Å². The summed E-state index contributed by atoms with van der Waals surface area (Å²) >= 11 is 7.73. The van der Waals surface area contributed by atoms with Gasteiger partial charge >= 0.3 is 5.97 Å². The Labute approximate surface area is 183 Å². The number of hydrogen-bond acceptors (Lipinski definition) is 5. The minimum atomic E-state index is -0.949. The first-order valence-electron chi connectivity index (χ1n) is 9.92. The van der Waals surface area contributed by atoms with E-state index in [0.717, 1.165) is 52.7 Å². The molecule has 0 radical (unpaired) electrons. The summed E-state index contributed by atoms with van der Waals surface area (Å²) in [5, 5.41) is 10.6. The van der Waals surface area contributed by atoms with Crippen LogP contribution in [0.1, 0.15) is 24.8 Å². The molecule has 0 saturated carbocycles. The average molecular weight is 449 g/mol. The average Bonchev–Trinajstić information content (AvgIpc) is 3.13. The van der Waals surface area contributed by atoms with Crippen molar-refractivity contribution in [1.82, 2.24) is 4.98 Å². The Morgan fingerprint density at radius 1 is 1.27 bits per heavy atom. The maximum Gasteiger partial charge on any atom is 0.307 e. The summed E-state index contributed by atoms with van der Waals surface area (Å²) in [7, 11) is 0. The molecule has 0 atom stereocenters. The third-order valence-electron chi connectivity index (χ3n) is 5.36. The van der Waals surface area contributed by atoms with Crippen LogP contribution in [0.4, 0.5) is 9.52 Å². The Balaban J connectivity index is 1.27. The predicted molar refractivity (Wildman–Crippen MR) is 117 cm³/mol. The molecule has 1 fully saturated rings. The number of aliphatic carboxylic acids is 1. The van der Waals surface area contributed by atoms with Crippen molar-refractivity contribution in [3.8, 4) is 5.75 Å². The van der Waals surface area contributed by atoms with Crippen LogP contribution in [0.25, 0.3) is 10.2 Å². The molecular formula is C22H22ClFN2O3S. The number of nitrogens with zero attached hydrogens (tertiary/aromatic N) is 2. The largest absolute Gasteiger partial charge is 0.490 e. The van der Waals surface area contributed by atoms with Crippen LogP contribution in [0.5, 0.6) is 5.75 Å². The zero-order valence-electron chi connectivity index (χ0n) is 16.3. The molecule has 1 aliphatic rings. The molecule has 0 amide bonds. The molecule has 1 N–H and O–H groups in total. The van der Waals surface area contributed by atoms with E-state index in [1.165, 1.54) is 18.2 Å². The lowest BCUT2D eigenvalue weighted by molar-refractivity contribution is -0.136. The van der Waals surface area contributed by atoms with E-state index < -0.39 is 11.8 Å². The third kappa shape index (κ3) is 5.02. The molecule has 1 aliphatic heterocycles. The van der Waals surface area contributed by atoms with Crippen molar-refractivity contribution in [3.05, 3.63) is 52.8 Å². The minimum Gasteiger partial charge on any atom is -0.490 e. The number of carboxylic acids is 1. The topological polar surface area (TPSA) is 62.7 Å². The maximum absolute atomic E-state index is 13.9. The Kier molecular flexibility index (Phi) is 6.39. The van der Waals surface area contributed by atoms with Crippen molar-refractivity contribution in [3.63, 3.8) is 0 Å². The highest BCUT2D eigenvalue weighted by Gasteiger charge is 2.22. The van der Waals surface area contributed by atoms with Crippen LogP contribution in [0.15, 0.2) is 36.4 Å². The lowest BCUT2D eigenvalue weighted by atomic mass is 9.94. The number of aromatic nitrogens is 1. The number of rotatable bonds is 7. The van der Waals surface area contributed by atoms with Gasteiger partial charge in [-0.1, -0.05) is 29.0 Å². The van der Waals surface area contributed by atoms with E-state index >= 15 is 0 Å². The maximum atomic E-state index is 13.9. The van der Waals surface area contributed by atoms with E-state index in [1.54, 1.807) is 11.3 Å². The van der Waals surface area contributed by atoms with Gasteiger partial charge in [-0.05, 0) is 61.1 Å².